The molecule has 0 spiro atoms. The number of hydrogen-bond donors (Lipinski definition) is 1. The van der Waals surface area contributed by atoms with E-state index in [0.717, 1.165) is 12.8 Å². The van der Waals surface area contributed by atoms with E-state index >= 15 is 0 Å². The Bertz CT molecular complexity index is 373. The van der Waals surface area contributed by atoms with Crippen molar-refractivity contribution in [3.05, 3.63) is 35.4 Å². The number of aryl methyl sites for hydroxylation is 2. The van der Waals surface area contributed by atoms with Gasteiger partial charge in [-0.2, -0.15) is 0 Å². The quantitative estimate of drug-likeness (QED) is 0.838. The first-order chi connectivity index (χ1) is 8.54. The van der Waals surface area contributed by atoms with Crippen LogP contribution < -0.4 is 5.73 Å². The van der Waals surface area contributed by atoms with Crippen molar-refractivity contribution in [1.29, 1.82) is 0 Å². The summed E-state index contributed by atoms with van der Waals surface area (Å²) in [4.78, 5) is 13.6. The standard InChI is InChI=1S/C15H24N2O/c1-12-7-9-14(10-8-12)5-4-6-15(18)17(3)13(2)11-16/h7-10,13H,4-6,11,16H2,1-3H3. The van der Waals surface area contributed by atoms with E-state index in [-0.39, 0.29) is 11.9 Å². The summed E-state index contributed by atoms with van der Waals surface area (Å²) in [5, 5.41) is 0. The van der Waals surface area contributed by atoms with Gasteiger partial charge in [-0.15, -0.1) is 0 Å². The largest absolute Gasteiger partial charge is 0.342 e. The molecule has 0 bridgehead atoms. The molecule has 0 saturated heterocycles. The lowest BCUT2D eigenvalue weighted by Gasteiger charge is -2.23. The molecule has 0 saturated carbocycles. The summed E-state index contributed by atoms with van der Waals surface area (Å²) in [5.41, 5.74) is 8.11. The highest BCUT2D eigenvalue weighted by Gasteiger charge is 2.13. The second-order valence-electron chi connectivity index (χ2n) is 4.93. The summed E-state index contributed by atoms with van der Waals surface area (Å²) in [6.07, 6.45) is 2.44. The smallest absolute Gasteiger partial charge is 0.222 e. The second-order valence-corrected chi connectivity index (χ2v) is 4.93. The van der Waals surface area contributed by atoms with Gasteiger partial charge in [0.25, 0.3) is 0 Å². The fraction of sp³-hybridized carbons (Fsp3) is 0.533. The van der Waals surface area contributed by atoms with Crippen LogP contribution >= 0.6 is 0 Å². The summed E-state index contributed by atoms with van der Waals surface area (Å²) in [6, 6.07) is 8.61. The molecule has 1 aromatic rings. The van der Waals surface area contributed by atoms with E-state index in [1.165, 1.54) is 11.1 Å². The minimum atomic E-state index is 0.122. The number of carbonyl (C=O) groups excluding carboxylic acids is 1. The van der Waals surface area contributed by atoms with Crippen LogP contribution in [0.2, 0.25) is 0 Å². The topological polar surface area (TPSA) is 46.3 Å². The van der Waals surface area contributed by atoms with Gasteiger partial charge in [0.1, 0.15) is 0 Å². The molecule has 100 valence electrons. The first-order valence-corrected chi connectivity index (χ1v) is 6.56. The molecule has 3 heteroatoms. The van der Waals surface area contributed by atoms with Crippen molar-refractivity contribution in [3.63, 3.8) is 0 Å². The van der Waals surface area contributed by atoms with Crippen LogP contribution in [0.1, 0.15) is 30.9 Å². The number of nitrogens with zero attached hydrogens (tertiary/aromatic N) is 1. The molecule has 0 aliphatic rings. The van der Waals surface area contributed by atoms with Crippen LogP contribution in [-0.2, 0) is 11.2 Å². The van der Waals surface area contributed by atoms with Crippen LogP contribution in [-0.4, -0.2) is 30.4 Å². The van der Waals surface area contributed by atoms with Crippen LogP contribution in [0.15, 0.2) is 24.3 Å². The summed E-state index contributed by atoms with van der Waals surface area (Å²) in [7, 11) is 1.83. The van der Waals surface area contributed by atoms with Crippen molar-refractivity contribution in [2.24, 2.45) is 5.73 Å². The summed E-state index contributed by atoms with van der Waals surface area (Å²) < 4.78 is 0. The molecule has 3 nitrogen and oxygen atoms in total. The highest BCUT2D eigenvalue weighted by atomic mass is 16.2. The number of rotatable bonds is 6. The highest BCUT2D eigenvalue weighted by Crippen LogP contribution is 2.08. The molecule has 0 aromatic heterocycles. The maximum absolute atomic E-state index is 11.9. The molecule has 1 rings (SSSR count). The number of likely N-dealkylation sites (N-methyl/N-ethyl adjacent to an activating group) is 1. The Labute approximate surface area is 110 Å². The van der Waals surface area contributed by atoms with Crippen LogP contribution in [0, 0.1) is 6.92 Å². The Morgan fingerprint density at radius 3 is 2.50 bits per heavy atom. The molecule has 1 amide bonds. The van der Waals surface area contributed by atoms with Crippen molar-refractivity contribution >= 4 is 5.91 Å². The van der Waals surface area contributed by atoms with E-state index in [4.69, 9.17) is 5.73 Å². The first kappa shape index (κ1) is 14.7. The van der Waals surface area contributed by atoms with Gasteiger partial charge in [-0.1, -0.05) is 29.8 Å². The van der Waals surface area contributed by atoms with Gasteiger partial charge in [-0.3, -0.25) is 4.79 Å². The van der Waals surface area contributed by atoms with Gasteiger partial charge < -0.3 is 10.6 Å². The van der Waals surface area contributed by atoms with E-state index in [1.807, 2.05) is 14.0 Å². The number of nitrogens with two attached hydrogens (primary N) is 1. The number of carbonyl (C=O) groups is 1. The monoisotopic (exact) mass is 248 g/mol. The van der Waals surface area contributed by atoms with Crippen molar-refractivity contribution in [2.75, 3.05) is 13.6 Å². The average Bonchev–Trinajstić information content (AvgIpc) is 2.39. The van der Waals surface area contributed by atoms with Crippen molar-refractivity contribution < 1.29 is 4.79 Å². The minimum absolute atomic E-state index is 0.122. The van der Waals surface area contributed by atoms with E-state index < -0.39 is 0 Å². The van der Waals surface area contributed by atoms with Gasteiger partial charge in [-0.05, 0) is 32.3 Å². The zero-order valence-corrected chi connectivity index (χ0v) is 11.6. The molecule has 1 atom stereocenters. The Morgan fingerprint density at radius 2 is 1.94 bits per heavy atom. The zero-order chi connectivity index (χ0) is 13.5. The Hall–Kier alpha value is -1.35. The molecule has 18 heavy (non-hydrogen) atoms. The summed E-state index contributed by atoms with van der Waals surface area (Å²) >= 11 is 0. The van der Waals surface area contributed by atoms with Gasteiger partial charge >= 0.3 is 0 Å². The van der Waals surface area contributed by atoms with Gasteiger partial charge in [0, 0.05) is 26.1 Å². The van der Waals surface area contributed by atoms with E-state index in [2.05, 4.69) is 31.2 Å². The number of hydrogen-bond acceptors (Lipinski definition) is 2. The van der Waals surface area contributed by atoms with Crippen LogP contribution in [0.4, 0.5) is 0 Å². The Kier molecular flexibility index (Phi) is 5.86. The molecule has 0 radical (unpaired) electrons. The maximum atomic E-state index is 11.9. The molecule has 2 N–H and O–H groups in total. The molecule has 1 unspecified atom stereocenters. The predicted octanol–water partition coefficient (Wildman–Crippen LogP) is 2.12. The number of benzene rings is 1. The number of amides is 1. The third-order valence-corrected chi connectivity index (χ3v) is 3.37. The third-order valence-electron chi connectivity index (χ3n) is 3.37. The Morgan fingerprint density at radius 1 is 1.33 bits per heavy atom. The van der Waals surface area contributed by atoms with Gasteiger partial charge in [0.05, 0.1) is 0 Å². The molecule has 0 heterocycles. The molecule has 1 aromatic carbocycles. The summed E-state index contributed by atoms with van der Waals surface area (Å²) in [5.74, 6) is 0.181. The van der Waals surface area contributed by atoms with Gasteiger partial charge in [0.2, 0.25) is 5.91 Å². The molecule has 0 fully saturated rings. The fourth-order valence-corrected chi connectivity index (χ4v) is 1.78. The lowest BCUT2D eigenvalue weighted by molar-refractivity contribution is -0.131. The normalized spacial score (nSPS) is 12.2. The predicted molar refractivity (Wildman–Crippen MR) is 75.4 cm³/mol. The van der Waals surface area contributed by atoms with Crippen molar-refractivity contribution in [1.82, 2.24) is 4.90 Å². The lowest BCUT2D eigenvalue weighted by Crippen LogP contribution is -2.39. The van der Waals surface area contributed by atoms with Crippen LogP contribution in [0.25, 0.3) is 0 Å². The lowest BCUT2D eigenvalue weighted by atomic mass is 10.1. The van der Waals surface area contributed by atoms with Crippen molar-refractivity contribution in [3.8, 4) is 0 Å². The van der Waals surface area contributed by atoms with Gasteiger partial charge in [0.15, 0.2) is 0 Å². The van der Waals surface area contributed by atoms with Crippen LogP contribution in [0.3, 0.4) is 0 Å². The molecular formula is C15H24N2O. The average molecular weight is 248 g/mol. The Balaban J connectivity index is 2.33. The van der Waals surface area contributed by atoms with E-state index in [1.54, 1.807) is 4.90 Å². The third kappa shape index (κ3) is 4.49. The second kappa shape index (κ2) is 7.17. The SMILES string of the molecule is Cc1ccc(CCCC(=O)N(C)C(C)CN)cc1. The molecular weight excluding hydrogens is 224 g/mol. The fourth-order valence-electron chi connectivity index (χ4n) is 1.78. The highest BCUT2D eigenvalue weighted by molar-refractivity contribution is 5.76. The van der Waals surface area contributed by atoms with Gasteiger partial charge in [-0.25, -0.2) is 0 Å². The van der Waals surface area contributed by atoms with E-state index in [9.17, 15) is 4.79 Å². The molecule has 0 aliphatic carbocycles. The van der Waals surface area contributed by atoms with E-state index in [0.29, 0.717) is 13.0 Å². The minimum Gasteiger partial charge on any atom is -0.342 e. The molecule has 0 aliphatic heterocycles. The maximum Gasteiger partial charge on any atom is 0.222 e. The first-order valence-electron chi connectivity index (χ1n) is 6.56. The summed E-state index contributed by atoms with van der Waals surface area (Å²) in [6.45, 7) is 4.56. The van der Waals surface area contributed by atoms with Crippen molar-refractivity contribution in [2.45, 2.75) is 39.2 Å². The zero-order valence-electron chi connectivity index (χ0n) is 11.6. The van der Waals surface area contributed by atoms with Crippen LogP contribution in [0.5, 0.6) is 0 Å².